The summed E-state index contributed by atoms with van der Waals surface area (Å²) in [7, 11) is 6.76. The second kappa shape index (κ2) is 11.5. The second-order valence-electron chi connectivity index (χ2n) is 7.57. The van der Waals surface area contributed by atoms with Crippen molar-refractivity contribution >= 4 is 23.6 Å². The van der Waals surface area contributed by atoms with Crippen LogP contribution in [0.4, 0.5) is 5.69 Å². The summed E-state index contributed by atoms with van der Waals surface area (Å²) in [6.07, 6.45) is 0. The van der Waals surface area contributed by atoms with Crippen LogP contribution in [-0.2, 0) is 28.6 Å². The molecule has 0 unspecified atom stereocenters. The van der Waals surface area contributed by atoms with Gasteiger partial charge in [0.1, 0.15) is 0 Å². The van der Waals surface area contributed by atoms with Crippen LogP contribution in [0.3, 0.4) is 0 Å². The maximum atomic E-state index is 13.3. The molecule has 0 aromatic heterocycles. The molecule has 10 heteroatoms. The van der Waals surface area contributed by atoms with Crippen molar-refractivity contribution in [2.75, 3.05) is 47.1 Å². The molecule has 36 heavy (non-hydrogen) atoms. The lowest BCUT2D eigenvalue weighted by Crippen LogP contribution is -2.42. The lowest BCUT2D eigenvalue weighted by molar-refractivity contribution is -0.146. The topological polar surface area (TPSA) is 110 Å². The van der Waals surface area contributed by atoms with Crippen LogP contribution in [0, 0.1) is 0 Å². The first-order chi connectivity index (χ1) is 17.4. The van der Waals surface area contributed by atoms with Crippen molar-refractivity contribution in [3.63, 3.8) is 0 Å². The van der Waals surface area contributed by atoms with Gasteiger partial charge in [-0.15, -0.1) is 0 Å². The van der Waals surface area contributed by atoms with E-state index in [0.29, 0.717) is 28.5 Å². The summed E-state index contributed by atoms with van der Waals surface area (Å²) < 4.78 is 31.9. The number of anilines is 1. The van der Waals surface area contributed by atoms with E-state index in [1.807, 2.05) is 6.07 Å². The maximum absolute atomic E-state index is 13.3. The highest BCUT2D eigenvalue weighted by atomic mass is 16.5. The molecule has 2 atom stereocenters. The van der Waals surface area contributed by atoms with Crippen LogP contribution < -0.4 is 19.1 Å². The van der Waals surface area contributed by atoms with E-state index in [9.17, 15) is 14.4 Å². The van der Waals surface area contributed by atoms with Gasteiger partial charge < -0.3 is 33.3 Å². The summed E-state index contributed by atoms with van der Waals surface area (Å²) in [5.41, 5.74) is 0.780. The monoisotopic (exact) mass is 499 g/mol. The third kappa shape index (κ3) is 4.66. The van der Waals surface area contributed by atoms with Gasteiger partial charge in [-0.1, -0.05) is 18.2 Å². The van der Waals surface area contributed by atoms with Crippen LogP contribution in [-0.4, -0.2) is 66.1 Å². The smallest absolute Gasteiger partial charge is 0.337 e. The van der Waals surface area contributed by atoms with Crippen LogP contribution in [0.25, 0.3) is 0 Å². The third-order valence-corrected chi connectivity index (χ3v) is 5.77. The van der Waals surface area contributed by atoms with Gasteiger partial charge in [0, 0.05) is 5.69 Å². The number of esters is 3. The number of hydrogen-bond acceptors (Lipinski definition) is 10. The summed E-state index contributed by atoms with van der Waals surface area (Å²) in [4.78, 5) is 41.2. The molecule has 0 N–H and O–H groups in total. The van der Waals surface area contributed by atoms with Crippen molar-refractivity contribution in [3.05, 3.63) is 59.2 Å². The first kappa shape index (κ1) is 26.4. The lowest BCUT2D eigenvalue weighted by atomic mass is 9.96. The fraction of sp³-hybridized carbons (Fsp3) is 0.346. The minimum Gasteiger partial charge on any atom is -0.493 e. The molecule has 0 radical (unpaired) electrons. The molecule has 192 valence electrons. The normalized spacial score (nSPS) is 16.9. The van der Waals surface area contributed by atoms with E-state index in [1.165, 1.54) is 35.5 Å². The zero-order chi connectivity index (χ0) is 26.4. The molecular weight excluding hydrogens is 470 g/mol. The fourth-order valence-electron chi connectivity index (χ4n) is 4.32. The minimum atomic E-state index is -1.29. The molecule has 1 heterocycles. The van der Waals surface area contributed by atoms with Crippen molar-refractivity contribution in [2.24, 2.45) is 0 Å². The summed E-state index contributed by atoms with van der Waals surface area (Å²) in [5.74, 6) is -1.40. The van der Waals surface area contributed by atoms with Gasteiger partial charge in [-0.05, 0) is 36.8 Å². The SMILES string of the molecule is CCOC(=O)[C@H]1C(C(=O)OC)=C(C(=O)OC)[C@H](c2cc(OC)c(OC)c(OC)c2)N1c1ccccc1. The number of carbonyl (C=O) groups excluding carboxylic acids is 3. The Balaban J connectivity index is 2.43. The highest BCUT2D eigenvalue weighted by Crippen LogP contribution is 2.49. The fourth-order valence-corrected chi connectivity index (χ4v) is 4.32. The number of benzene rings is 2. The van der Waals surface area contributed by atoms with Crippen LogP contribution in [0.15, 0.2) is 53.6 Å². The van der Waals surface area contributed by atoms with Crippen LogP contribution >= 0.6 is 0 Å². The number of methoxy groups -OCH3 is 5. The Kier molecular flexibility index (Phi) is 8.42. The van der Waals surface area contributed by atoms with Crippen LogP contribution in [0.1, 0.15) is 18.5 Å². The molecule has 1 aliphatic heterocycles. The number of para-hydroxylation sites is 1. The Hall–Kier alpha value is -4.21. The highest BCUT2D eigenvalue weighted by molar-refractivity contribution is 6.10. The lowest BCUT2D eigenvalue weighted by Gasteiger charge is -2.33. The Labute approximate surface area is 209 Å². The van der Waals surface area contributed by atoms with E-state index < -0.39 is 30.0 Å². The number of rotatable bonds is 9. The number of nitrogens with zero attached hydrogens (tertiary/aromatic N) is 1. The van der Waals surface area contributed by atoms with Crippen LogP contribution in [0.2, 0.25) is 0 Å². The number of ether oxygens (including phenoxy) is 6. The van der Waals surface area contributed by atoms with Gasteiger partial charge >= 0.3 is 17.9 Å². The largest absolute Gasteiger partial charge is 0.493 e. The molecule has 3 rings (SSSR count). The molecule has 0 spiro atoms. The predicted octanol–water partition coefficient (Wildman–Crippen LogP) is 2.85. The van der Waals surface area contributed by atoms with E-state index in [-0.39, 0.29) is 17.8 Å². The standard InChI is InChI=1S/C26H29NO9/c1-7-36-26(30)22-20(25(29)35-6)19(24(28)34-5)21(27(22)16-11-9-8-10-12-16)15-13-17(31-2)23(33-4)18(14-15)32-3/h8-14,21-22H,7H2,1-6H3/t21-,22+/m0/s1. The van der Waals surface area contributed by atoms with Gasteiger partial charge in [0.2, 0.25) is 5.75 Å². The van der Waals surface area contributed by atoms with E-state index in [4.69, 9.17) is 28.4 Å². The van der Waals surface area contributed by atoms with Gasteiger partial charge in [0.15, 0.2) is 17.5 Å². The molecule has 0 amide bonds. The first-order valence-electron chi connectivity index (χ1n) is 11.1. The summed E-state index contributed by atoms with van der Waals surface area (Å²) in [6, 6.07) is 9.90. The first-order valence-corrected chi connectivity index (χ1v) is 11.1. The summed E-state index contributed by atoms with van der Waals surface area (Å²) >= 11 is 0. The average Bonchev–Trinajstić information content (AvgIpc) is 3.28. The van der Waals surface area contributed by atoms with Gasteiger partial charge in [-0.2, -0.15) is 0 Å². The molecular formula is C26H29NO9. The molecule has 2 aromatic rings. The predicted molar refractivity (Wildman–Crippen MR) is 129 cm³/mol. The van der Waals surface area contributed by atoms with E-state index >= 15 is 0 Å². The van der Waals surface area contributed by atoms with E-state index in [1.54, 1.807) is 48.2 Å². The third-order valence-electron chi connectivity index (χ3n) is 5.77. The maximum Gasteiger partial charge on any atom is 0.337 e. The van der Waals surface area contributed by atoms with Crippen LogP contribution in [0.5, 0.6) is 17.2 Å². The van der Waals surface area contributed by atoms with Gasteiger partial charge in [0.05, 0.1) is 59.3 Å². The molecule has 2 aromatic carbocycles. The molecule has 0 saturated heterocycles. The number of carbonyl (C=O) groups is 3. The van der Waals surface area contributed by atoms with Crippen molar-refractivity contribution in [1.29, 1.82) is 0 Å². The van der Waals surface area contributed by atoms with E-state index in [2.05, 4.69) is 0 Å². The van der Waals surface area contributed by atoms with Gasteiger partial charge in [-0.3, -0.25) is 0 Å². The Morgan fingerprint density at radius 1 is 0.806 bits per heavy atom. The number of hydrogen-bond donors (Lipinski definition) is 0. The Bertz CT molecular complexity index is 1130. The minimum absolute atomic E-state index is 0.0643. The average molecular weight is 500 g/mol. The van der Waals surface area contributed by atoms with Crippen molar-refractivity contribution in [2.45, 2.75) is 19.0 Å². The molecule has 0 saturated carbocycles. The molecule has 0 aliphatic carbocycles. The van der Waals surface area contributed by atoms with Crippen molar-refractivity contribution in [3.8, 4) is 17.2 Å². The molecule has 1 aliphatic rings. The Morgan fingerprint density at radius 3 is 1.83 bits per heavy atom. The molecule has 10 nitrogen and oxygen atoms in total. The molecule has 0 bridgehead atoms. The van der Waals surface area contributed by atoms with Gasteiger partial charge in [0.25, 0.3) is 0 Å². The zero-order valence-electron chi connectivity index (χ0n) is 21.0. The quantitative estimate of drug-likeness (QED) is 0.377. The summed E-state index contributed by atoms with van der Waals surface area (Å²) in [5, 5.41) is 0. The van der Waals surface area contributed by atoms with Crippen molar-refractivity contribution in [1.82, 2.24) is 0 Å². The zero-order valence-corrected chi connectivity index (χ0v) is 21.0. The van der Waals surface area contributed by atoms with Crippen molar-refractivity contribution < 1.29 is 42.8 Å². The highest BCUT2D eigenvalue weighted by Gasteiger charge is 2.52. The van der Waals surface area contributed by atoms with Gasteiger partial charge in [-0.25, -0.2) is 14.4 Å². The summed E-state index contributed by atoms with van der Waals surface area (Å²) in [6.45, 7) is 1.72. The second-order valence-corrected chi connectivity index (χ2v) is 7.57. The molecule has 0 fully saturated rings. The van der Waals surface area contributed by atoms with E-state index in [0.717, 1.165) is 0 Å². The Morgan fingerprint density at radius 2 is 1.36 bits per heavy atom.